The molecule has 0 fully saturated rings. The van der Waals surface area contributed by atoms with Crippen LogP contribution in [0.2, 0.25) is 0 Å². The number of carbonyl (C=O) groups excluding carboxylic acids is 1. The number of rotatable bonds is 5. The van der Waals surface area contributed by atoms with Crippen LogP contribution in [-0.2, 0) is 4.74 Å². The van der Waals surface area contributed by atoms with E-state index in [-0.39, 0.29) is 33.2 Å². The maximum atomic E-state index is 13.4. The zero-order chi connectivity index (χ0) is 21.3. The van der Waals surface area contributed by atoms with Crippen LogP contribution in [0.5, 0.6) is 5.75 Å². The quantitative estimate of drug-likeness (QED) is 0.336. The van der Waals surface area contributed by atoms with Gasteiger partial charge in [-0.15, -0.1) is 13.2 Å². The average Bonchev–Trinajstić information content (AvgIpc) is 3.08. The first kappa shape index (κ1) is 21.0. The van der Waals surface area contributed by atoms with Gasteiger partial charge in [-0.25, -0.2) is 9.78 Å². The number of halogens is 6. The minimum absolute atomic E-state index is 0.0210. The summed E-state index contributed by atoms with van der Waals surface area (Å²) in [6.07, 6.45) is -3.93. The van der Waals surface area contributed by atoms with Gasteiger partial charge in [-0.05, 0) is 46.6 Å². The van der Waals surface area contributed by atoms with E-state index in [4.69, 9.17) is 4.74 Å². The van der Waals surface area contributed by atoms with Gasteiger partial charge >= 0.3 is 18.9 Å². The molecule has 5 nitrogen and oxygen atoms in total. The van der Waals surface area contributed by atoms with Crippen molar-refractivity contribution in [3.63, 3.8) is 0 Å². The number of esters is 1. The van der Waals surface area contributed by atoms with Crippen molar-refractivity contribution in [1.29, 1.82) is 0 Å². The molecule has 0 spiro atoms. The van der Waals surface area contributed by atoms with E-state index >= 15 is 0 Å². The lowest BCUT2D eigenvalue weighted by atomic mass is 10.0. The predicted molar refractivity (Wildman–Crippen MR) is 96.8 cm³/mol. The molecule has 0 saturated carbocycles. The summed E-state index contributed by atoms with van der Waals surface area (Å²) in [6.45, 7) is -1.27. The highest BCUT2D eigenvalue weighted by Gasteiger charge is 2.31. The maximum Gasteiger partial charge on any atom is 0.573 e. The molecule has 0 amide bonds. The fourth-order valence-electron chi connectivity index (χ4n) is 2.74. The van der Waals surface area contributed by atoms with Crippen LogP contribution in [0.4, 0.5) is 22.0 Å². The first-order valence-electron chi connectivity index (χ1n) is 8.13. The molecule has 3 aromatic rings. The standard InChI is InChI=1S/C18H12BrF5N2O3/c1-2-28-16(27)12-7-11(9-3-5-10(6-4-9)29-18(22,23)24)14-15(13(12)19)26(8-25-14)17(20)21/h3-8,17H,2H2,1H3. The third-order valence-corrected chi connectivity index (χ3v) is 4.69. The van der Waals surface area contributed by atoms with Crippen LogP contribution in [0.3, 0.4) is 0 Å². The maximum absolute atomic E-state index is 13.4. The van der Waals surface area contributed by atoms with Crippen molar-refractivity contribution >= 4 is 32.9 Å². The molecule has 0 N–H and O–H groups in total. The third-order valence-electron chi connectivity index (χ3n) is 3.89. The minimum atomic E-state index is -4.85. The van der Waals surface area contributed by atoms with Crippen molar-refractivity contribution < 1.29 is 36.2 Å². The van der Waals surface area contributed by atoms with Gasteiger partial charge in [-0.1, -0.05) is 12.1 Å². The zero-order valence-corrected chi connectivity index (χ0v) is 16.2. The fourth-order valence-corrected chi connectivity index (χ4v) is 3.41. The first-order valence-corrected chi connectivity index (χ1v) is 8.92. The van der Waals surface area contributed by atoms with E-state index in [0.29, 0.717) is 10.1 Å². The van der Waals surface area contributed by atoms with E-state index in [1.54, 1.807) is 6.92 Å². The zero-order valence-electron chi connectivity index (χ0n) is 14.6. The Bertz CT molecular complexity index is 1050. The predicted octanol–water partition coefficient (Wildman–Crippen LogP) is 5.94. The number of fused-ring (bicyclic) bond motifs is 1. The lowest BCUT2D eigenvalue weighted by molar-refractivity contribution is -0.274. The number of hydrogen-bond donors (Lipinski definition) is 0. The molecule has 3 rings (SSSR count). The van der Waals surface area contributed by atoms with Crippen LogP contribution < -0.4 is 4.74 Å². The lowest BCUT2D eigenvalue weighted by Crippen LogP contribution is -2.16. The second-order valence-electron chi connectivity index (χ2n) is 5.71. The number of nitrogens with zero attached hydrogens (tertiary/aromatic N) is 2. The molecule has 0 bridgehead atoms. The molecular formula is C18H12BrF5N2O3. The van der Waals surface area contributed by atoms with Gasteiger partial charge in [0.15, 0.2) is 0 Å². The van der Waals surface area contributed by atoms with E-state index in [0.717, 1.165) is 18.5 Å². The summed E-state index contributed by atoms with van der Waals surface area (Å²) in [5.41, 5.74) is 0.685. The van der Waals surface area contributed by atoms with Gasteiger partial charge in [-0.2, -0.15) is 8.78 Å². The number of hydrogen-bond acceptors (Lipinski definition) is 4. The Morgan fingerprint density at radius 1 is 1.24 bits per heavy atom. The van der Waals surface area contributed by atoms with E-state index in [9.17, 15) is 26.7 Å². The number of benzene rings is 2. The number of alkyl halides is 5. The SMILES string of the molecule is CCOC(=O)c1cc(-c2ccc(OC(F)(F)F)cc2)c2ncn(C(F)F)c2c1Br. The smallest absolute Gasteiger partial charge is 0.462 e. The van der Waals surface area contributed by atoms with E-state index in [1.807, 2.05) is 0 Å². The van der Waals surface area contributed by atoms with Gasteiger partial charge in [0, 0.05) is 5.56 Å². The summed E-state index contributed by atoms with van der Waals surface area (Å²) in [5.74, 6) is -1.19. The molecule has 2 aromatic carbocycles. The number of imidazole rings is 1. The number of aromatic nitrogens is 2. The van der Waals surface area contributed by atoms with Crippen molar-refractivity contribution in [2.45, 2.75) is 19.8 Å². The summed E-state index contributed by atoms with van der Waals surface area (Å²) in [4.78, 5) is 16.3. The highest BCUT2D eigenvalue weighted by Crippen LogP contribution is 2.38. The second kappa shape index (κ2) is 7.97. The Morgan fingerprint density at radius 3 is 2.45 bits per heavy atom. The van der Waals surface area contributed by atoms with E-state index in [1.165, 1.54) is 18.2 Å². The molecule has 1 aromatic heterocycles. The van der Waals surface area contributed by atoms with Crippen LogP contribution >= 0.6 is 15.9 Å². The highest BCUT2D eigenvalue weighted by atomic mass is 79.9. The molecule has 0 aliphatic carbocycles. The average molecular weight is 479 g/mol. The molecule has 0 unspecified atom stereocenters. The summed E-state index contributed by atoms with van der Waals surface area (Å²) in [6, 6.07) is 6.14. The van der Waals surface area contributed by atoms with Gasteiger partial charge in [0.2, 0.25) is 0 Å². The van der Waals surface area contributed by atoms with Crippen molar-refractivity contribution in [2.24, 2.45) is 0 Å². The molecular weight excluding hydrogens is 467 g/mol. The monoisotopic (exact) mass is 478 g/mol. The Morgan fingerprint density at radius 2 is 1.90 bits per heavy atom. The summed E-state index contributed by atoms with van der Waals surface area (Å²) in [5, 5.41) is 0. The molecule has 0 aliphatic heterocycles. The molecule has 0 radical (unpaired) electrons. The normalized spacial score (nSPS) is 11.9. The molecule has 1 heterocycles. The fraction of sp³-hybridized carbons (Fsp3) is 0.222. The highest BCUT2D eigenvalue weighted by molar-refractivity contribution is 9.10. The number of carbonyl (C=O) groups is 1. The van der Waals surface area contributed by atoms with Crippen LogP contribution in [-0.4, -0.2) is 28.5 Å². The van der Waals surface area contributed by atoms with Gasteiger partial charge in [0.05, 0.1) is 27.7 Å². The molecule has 29 heavy (non-hydrogen) atoms. The lowest BCUT2D eigenvalue weighted by Gasteiger charge is -2.13. The Kier molecular flexibility index (Phi) is 5.78. The molecule has 11 heteroatoms. The second-order valence-corrected chi connectivity index (χ2v) is 6.50. The molecule has 0 aliphatic rings. The van der Waals surface area contributed by atoms with Crippen molar-refractivity contribution in [3.05, 3.63) is 46.7 Å². The Hall–Kier alpha value is -2.69. The topological polar surface area (TPSA) is 53.4 Å². The van der Waals surface area contributed by atoms with Gasteiger partial charge in [0.1, 0.15) is 12.1 Å². The largest absolute Gasteiger partial charge is 0.573 e. The van der Waals surface area contributed by atoms with Gasteiger partial charge in [0.25, 0.3) is 0 Å². The minimum Gasteiger partial charge on any atom is -0.462 e. The molecule has 0 saturated heterocycles. The summed E-state index contributed by atoms with van der Waals surface area (Å²) < 4.78 is 73.3. The van der Waals surface area contributed by atoms with Crippen LogP contribution in [0, 0.1) is 0 Å². The molecule has 0 atom stereocenters. The van der Waals surface area contributed by atoms with Crippen LogP contribution in [0.1, 0.15) is 23.8 Å². The molecule has 154 valence electrons. The van der Waals surface area contributed by atoms with Crippen molar-refractivity contribution in [3.8, 4) is 16.9 Å². The van der Waals surface area contributed by atoms with Crippen LogP contribution in [0.25, 0.3) is 22.2 Å². The van der Waals surface area contributed by atoms with E-state index in [2.05, 4.69) is 25.7 Å². The Labute approximate surface area is 169 Å². The summed E-state index contributed by atoms with van der Waals surface area (Å²) in [7, 11) is 0. The summed E-state index contributed by atoms with van der Waals surface area (Å²) >= 11 is 3.16. The van der Waals surface area contributed by atoms with Crippen molar-refractivity contribution in [1.82, 2.24) is 9.55 Å². The Balaban J connectivity index is 2.19. The van der Waals surface area contributed by atoms with E-state index < -0.39 is 24.6 Å². The first-order chi connectivity index (χ1) is 13.6. The van der Waals surface area contributed by atoms with Crippen molar-refractivity contribution in [2.75, 3.05) is 6.61 Å². The van der Waals surface area contributed by atoms with Crippen LogP contribution in [0.15, 0.2) is 41.1 Å². The van der Waals surface area contributed by atoms with Gasteiger partial charge < -0.3 is 9.47 Å². The number of ether oxygens (including phenoxy) is 2. The van der Waals surface area contributed by atoms with Gasteiger partial charge in [-0.3, -0.25) is 4.57 Å². The third kappa shape index (κ3) is 4.34.